The summed E-state index contributed by atoms with van der Waals surface area (Å²) in [5.74, 6) is 1.19. The van der Waals surface area contributed by atoms with Crippen molar-refractivity contribution in [1.29, 1.82) is 0 Å². The first kappa shape index (κ1) is 25.9. The number of anilines is 2. The minimum Gasteiger partial charge on any atom is -0.495 e. The minimum absolute atomic E-state index is 0.218. The average Bonchev–Trinajstić information content (AvgIpc) is 3.57. The summed E-state index contributed by atoms with van der Waals surface area (Å²) in [6.07, 6.45) is 1.73. The summed E-state index contributed by atoms with van der Waals surface area (Å²) in [4.78, 5) is 30.2. The standard InChI is InChI=1S/C29H26N4O5S/c1-17(34)31-22-16-20(11-12-24(22)36-2)33-27(26(32-29(33)39)21-6-4-5-15-30-21)25-14-13-23(38-25)18-7-9-19(10-8-18)28(35)37-3/h4-16,26-27H,1-3H3,(H,31,34)(H,32,39)/t26-,27+/m0/s1. The second-order valence-corrected chi connectivity index (χ2v) is 9.22. The molecule has 2 aromatic carbocycles. The maximum Gasteiger partial charge on any atom is 0.337 e. The van der Waals surface area contributed by atoms with Gasteiger partial charge in [-0.3, -0.25) is 9.78 Å². The molecule has 0 aliphatic carbocycles. The van der Waals surface area contributed by atoms with E-state index >= 15 is 0 Å². The highest BCUT2D eigenvalue weighted by molar-refractivity contribution is 7.80. The third kappa shape index (κ3) is 5.19. The van der Waals surface area contributed by atoms with Gasteiger partial charge < -0.3 is 29.4 Å². The molecule has 1 fully saturated rings. The molecule has 39 heavy (non-hydrogen) atoms. The number of furan rings is 1. The maximum absolute atomic E-state index is 11.8. The SMILES string of the molecule is COC(=O)c1ccc(-c2ccc([C@@H]3[C@H](c4ccccn4)NC(=S)N3c3ccc(OC)c(NC(C)=O)c3)o2)cc1. The van der Waals surface area contributed by atoms with Gasteiger partial charge in [0.05, 0.1) is 37.2 Å². The molecule has 1 saturated heterocycles. The number of carbonyl (C=O) groups excluding carboxylic acids is 2. The Morgan fingerprint density at radius 3 is 2.51 bits per heavy atom. The molecule has 0 unspecified atom stereocenters. The van der Waals surface area contributed by atoms with Crippen LogP contribution in [0.25, 0.3) is 11.3 Å². The second-order valence-electron chi connectivity index (χ2n) is 8.83. The zero-order valence-electron chi connectivity index (χ0n) is 21.5. The van der Waals surface area contributed by atoms with Crippen molar-refractivity contribution in [3.05, 3.63) is 96.0 Å². The van der Waals surface area contributed by atoms with Gasteiger partial charge in [-0.1, -0.05) is 18.2 Å². The summed E-state index contributed by atoms with van der Waals surface area (Å²) in [5, 5.41) is 6.70. The van der Waals surface area contributed by atoms with Crippen LogP contribution < -0.4 is 20.3 Å². The molecular weight excluding hydrogens is 516 g/mol. The number of amides is 1. The topological polar surface area (TPSA) is 106 Å². The van der Waals surface area contributed by atoms with Crippen LogP contribution in [0.4, 0.5) is 11.4 Å². The molecule has 0 saturated carbocycles. The molecule has 4 aromatic rings. The summed E-state index contributed by atoms with van der Waals surface area (Å²) in [6.45, 7) is 1.44. The van der Waals surface area contributed by atoms with Gasteiger partial charge in [-0.2, -0.15) is 0 Å². The van der Waals surface area contributed by atoms with Crippen LogP contribution in [-0.4, -0.2) is 36.2 Å². The highest BCUT2D eigenvalue weighted by Crippen LogP contribution is 2.44. The molecule has 2 aromatic heterocycles. The van der Waals surface area contributed by atoms with Crippen LogP contribution in [0.5, 0.6) is 5.75 Å². The zero-order chi connectivity index (χ0) is 27.5. The lowest BCUT2D eigenvalue weighted by Gasteiger charge is -2.27. The van der Waals surface area contributed by atoms with Crippen molar-refractivity contribution >= 4 is 40.6 Å². The number of esters is 1. The van der Waals surface area contributed by atoms with Gasteiger partial charge in [0.2, 0.25) is 5.91 Å². The van der Waals surface area contributed by atoms with E-state index in [2.05, 4.69) is 15.6 Å². The Balaban J connectivity index is 1.56. The fourth-order valence-corrected chi connectivity index (χ4v) is 4.96. The summed E-state index contributed by atoms with van der Waals surface area (Å²) < 4.78 is 16.6. The third-order valence-electron chi connectivity index (χ3n) is 6.38. The molecule has 5 rings (SSSR count). The second kappa shape index (κ2) is 11.0. The number of nitrogens with one attached hydrogen (secondary N) is 2. The van der Waals surface area contributed by atoms with Crippen LogP contribution in [0.3, 0.4) is 0 Å². The molecule has 0 spiro atoms. The Hall–Kier alpha value is -4.70. The van der Waals surface area contributed by atoms with Gasteiger partial charge in [-0.15, -0.1) is 0 Å². The molecular formula is C29H26N4O5S. The van der Waals surface area contributed by atoms with Crippen molar-refractivity contribution < 1.29 is 23.5 Å². The van der Waals surface area contributed by atoms with Crippen molar-refractivity contribution in [2.75, 3.05) is 24.4 Å². The molecule has 9 nitrogen and oxygen atoms in total. The van der Waals surface area contributed by atoms with E-state index < -0.39 is 12.0 Å². The Labute approximate surface area is 230 Å². The Morgan fingerprint density at radius 2 is 1.85 bits per heavy atom. The lowest BCUT2D eigenvalue weighted by molar-refractivity contribution is -0.114. The molecule has 0 bridgehead atoms. The number of benzene rings is 2. The number of methoxy groups -OCH3 is 2. The van der Waals surface area contributed by atoms with Gasteiger partial charge in [-0.05, 0) is 66.8 Å². The van der Waals surface area contributed by atoms with E-state index in [1.54, 1.807) is 31.5 Å². The fraction of sp³-hybridized carbons (Fsp3) is 0.172. The van der Waals surface area contributed by atoms with Gasteiger partial charge in [0.15, 0.2) is 5.11 Å². The molecule has 1 amide bonds. The van der Waals surface area contributed by atoms with Crippen LogP contribution in [0.15, 0.2) is 83.4 Å². The Morgan fingerprint density at radius 1 is 1.05 bits per heavy atom. The zero-order valence-corrected chi connectivity index (χ0v) is 22.3. The first-order chi connectivity index (χ1) is 18.9. The summed E-state index contributed by atoms with van der Waals surface area (Å²) in [6, 6.07) is 21.3. The molecule has 198 valence electrons. The first-order valence-electron chi connectivity index (χ1n) is 12.1. The number of nitrogens with zero attached hydrogens (tertiary/aromatic N) is 2. The van der Waals surface area contributed by atoms with E-state index in [0.29, 0.717) is 33.6 Å². The van der Waals surface area contributed by atoms with Crippen molar-refractivity contribution in [1.82, 2.24) is 10.3 Å². The van der Waals surface area contributed by atoms with Gasteiger partial charge in [0.25, 0.3) is 0 Å². The number of thiocarbonyl (C=S) groups is 1. The van der Waals surface area contributed by atoms with E-state index in [1.165, 1.54) is 14.0 Å². The molecule has 2 N–H and O–H groups in total. The Kier molecular flexibility index (Phi) is 7.29. The van der Waals surface area contributed by atoms with Gasteiger partial charge >= 0.3 is 5.97 Å². The largest absolute Gasteiger partial charge is 0.495 e. The summed E-state index contributed by atoms with van der Waals surface area (Å²) in [7, 11) is 2.89. The van der Waals surface area contributed by atoms with E-state index in [9.17, 15) is 9.59 Å². The van der Waals surface area contributed by atoms with Crippen molar-refractivity contribution in [2.45, 2.75) is 19.0 Å². The van der Waals surface area contributed by atoms with Gasteiger partial charge in [0, 0.05) is 24.4 Å². The molecule has 10 heteroatoms. The average molecular weight is 543 g/mol. The van der Waals surface area contributed by atoms with E-state index in [0.717, 1.165) is 16.9 Å². The van der Waals surface area contributed by atoms with Crippen molar-refractivity contribution in [3.8, 4) is 17.1 Å². The van der Waals surface area contributed by atoms with E-state index in [1.807, 2.05) is 59.5 Å². The predicted molar refractivity (Wildman–Crippen MR) is 151 cm³/mol. The quantitative estimate of drug-likeness (QED) is 0.239. The number of pyridine rings is 1. The van der Waals surface area contributed by atoms with E-state index in [4.69, 9.17) is 26.1 Å². The van der Waals surface area contributed by atoms with Crippen LogP contribution >= 0.6 is 12.2 Å². The van der Waals surface area contributed by atoms with Crippen LogP contribution in [0.1, 0.15) is 40.8 Å². The summed E-state index contributed by atoms with van der Waals surface area (Å²) in [5.41, 5.74) is 3.32. The van der Waals surface area contributed by atoms with Crippen LogP contribution in [0.2, 0.25) is 0 Å². The Bertz CT molecular complexity index is 1520. The van der Waals surface area contributed by atoms with Crippen LogP contribution in [-0.2, 0) is 9.53 Å². The van der Waals surface area contributed by atoms with Crippen LogP contribution in [0, 0.1) is 0 Å². The fourth-order valence-electron chi connectivity index (χ4n) is 4.61. The monoisotopic (exact) mass is 542 g/mol. The lowest BCUT2D eigenvalue weighted by Crippen LogP contribution is -2.29. The highest BCUT2D eigenvalue weighted by atomic mass is 32.1. The van der Waals surface area contributed by atoms with Gasteiger partial charge in [-0.25, -0.2) is 4.79 Å². The summed E-state index contributed by atoms with van der Waals surface area (Å²) >= 11 is 5.80. The number of aromatic nitrogens is 1. The molecule has 3 heterocycles. The lowest BCUT2D eigenvalue weighted by atomic mass is 10.0. The number of rotatable bonds is 7. The normalized spacial score (nSPS) is 16.5. The predicted octanol–water partition coefficient (Wildman–Crippen LogP) is 5.27. The van der Waals surface area contributed by atoms with Crippen molar-refractivity contribution in [2.24, 2.45) is 0 Å². The number of hydrogen-bond acceptors (Lipinski definition) is 7. The van der Waals surface area contributed by atoms with Gasteiger partial charge in [0.1, 0.15) is 23.3 Å². The third-order valence-corrected chi connectivity index (χ3v) is 6.69. The number of ether oxygens (including phenoxy) is 2. The first-order valence-corrected chi connectivity index (χ1v) is 12.5. The van der Waals surface area contributed by atoms with Crippen molar-refractivity contribution in [3.63, 3.8) is 0 Å². The maximum atomic E-state index is 11.8. The highest BCUT2D eigenvalue weighted by Gasteiger charge is 2.42. The molecule has 1 aliphatic heterocycles. The molecule has 2 atom stereocenters. The number of carbonyl (C=O) groups is 2. The molecule has 1 aliphatic rings. The smallest absolute Gasteiger partial charge is 0.337 e. The molecule has 0 radical (unpaired) electrons. The number of hydrogen-bond donors (Lipinski definition) is 2. The minimum atomic E-state index is -0.404. The van der Waals surface area contributed by atoms with E-state index in [-0.39, 0.29) is 11.9 Å².